The van der Waals surface area contributed by atoms with Gasteiger partial charge in [0, 0.05) is 38.4 Å². The summed E-state index contributed by atoms with van der Waals surface area (Å²) in [6.07, 6.45) is -0.412. The highest BCUT2D eigenvalue weighted by Gasteiger charge is 2.45. The molecule has 0 unspecified atom stereocenters. The van der Waals surface area contributed by atoms with E-state index in [9.17, 15) is 19.5 Å². The second kappa shape index (κ2) is 9.13. The van der Waals surface area contributed by atoms with Crippen molar-refractivity contribution in [1.82, 2.24) is 15.3 Å². The van der Waals surface area contributed by atoms with Crippen molar-refractivity contribution in [2.45, 2.75) is 45.1 Å². The van der Waals surface area contributed by atoms with Gasteiger partial charge in [-0.1, -0.05) is 32.9 Å². The average molecular weight is 433 g/mol. The fraction of sp³-hybridized carbons (Fsp3) is 0.591. The number of rotatable bonds is 3. The van der Waals surface area contributed by atoms with Crippen molar-refractivity contribution in [3.05, 3.63) is 29.8 Å². The van der Waals surface area contributed by atoms with Crippen molar-refractivity contribution in [2.75, 3.05) is 37.6 Å². The Morgan fingerprint density at radius 1 is 1.00 bits per heavy atom. The zero-order valence-electron chi connectivity index (χ0n) is 18.4. The third-order valence-electron chi connectivity index (χ3n) is 6.27. The Bertz CT molecular complexity index is 812. The molecule has 9 nitrogen and oxygen atoms in total. The lowest BCUT2D eigenvalue weighted by atomic mass is 9.87. The van der Waals surface area contributed by atoms with Gasteiger partial charge in [-0.2, -0.15) is 0 Å². The van der Waals surface area contributed by atoms with Crippen LogP contribution in [0.1, 0.15) is 39.2 Å². The lowest BCUT2D eigenvalue weighted by molar-refractivity contribution is -0.148. The molecule has 0 bridgehead atoms. The van der Waals surface area contributed by atoms with Gasteiger partial charge in [0.05, 0.1) is 5.92 Å². The highest BCUT2D eigenvalue weighted by molar-refractivity contribution is 5.92. The van der Waals surface area contributed by atoms with Crippen molar-refractivity contribution in [2.24, 2.45) is 5.92 Å². The van der Waals surface area contributed by atoms with E-state index in [1.54, 1.807) is 10.4 Å². The Balaban J connectivity index is 1.69. The molecule has 2 atom stereocenters. The summed E-state index contributed by atoms with van der Waals surface area (Å²) in [5, 5.41) is 18.6. The van der Waals surface area contributed by atoms with Crippen LogP contribution in [0.25, 0.3) is 0 Å². The van der Waals surface area contributed by atoms with Gasteiger partial charge >= 0.3 is 6.09 Å². The summed E-state index contributed by atoms with van der Waals surface area (Å²) >= 11 is 0. The first-order valence-corrected chi connectivity index (χ1v) is 10.7. The number of piperidine rings is 1. The van der Waals surface area contributed by atoms with E-state index in [1.165, 1.54) is 5.56 Å². The van der Waals surface area contributed by atoms with Gasteiger partial charge in [0.25, 0.3) is 0 Å². The zero-order valence-corrected chi connectivity index (χ0v) is 18.4. The maximum atomic E-state index is 13.2. The fourth-order valence-electron chi connectivity index (χ4n) is 4.42. The number of carboxylic acid groups (broad SMARTS) is 1. The van der Waals surface area contributed by atoms with Crippen LogP contribution in [-0.2, 0) is 15.0 Å². The average Bonchev–Trinajstić information content (AvgIpc) is 2.77. The fourth-order valence-corrected chi connectivity index (χ4v) is 4.42. The predicted octanol–water partition coefficient (Wildman–Crippen LogP) is 1.90. The molecule has 170 valence electrons. The van der Waals surface area contributed by atoms with Crippen molar-refractivity contribution in [1.29, 1.82) is 0 Å². The van der Waals surface area contributed by atoms with Gasteiger partial charge in [0.2, 0.25) is 11.8 Å². The van der Waals surface area contributed by atoms with Crippen LogP contribution in [0, 0.1) is 5.92 Å². The molecule has 3 rings (SSSR count). The first kappa shape index (κ1) is 22.9. The summed E-state index contributed by atoms with van der Waals surface area (Å²) in [5.41, 5.74) is 4.01. The third-order valence-corrected chi connectivity index (χ3v) is 6.27. The number of carbonyl (C=O) groups is 3. The van der Waals surface area contributed by atoms with Crippen LogP contribution in [0.5, 0.6) is 0 Å². The van der Waals surface area contributed by atoms with E-state index >= 15 is 0 Å². The summed E-state index contributed by atoms with van der Waals surface area (Å²) in [5.74, 6) is -1.99. The smallest absolute Gasteiger partial charge is 0.408 e. The molecule has 31 heavy (non-hydrogen) atoms. The monoisotopic (exact) mass is 432 g/mol. The Labute approximate surface area is 182 Å². The molecule has 1 aromatic rings. The summed E-state index contributed by atoms with van der Waals surface area (Å²) in [4.78, 5) is 41.9. The van der Waals surface area contributed by atoms with Crippen LogP contribution < -0.4 is 10.4 Å². The first-order chi connectivity index (χ1) is 14.6. The maximum Gasteiger partial charge on any atom is 0.408 e. The minimum absolute atomic E-state index is 0.0804. The van der Waals surface area contributed by atoms with Crippen molar-refractivity contribution >= 4 is 23.6 Å². The van der Waals surface area contributed by atoms with Gasteiger partial charge in [0.15, 0.2) is 0 Å². The van der Waals surface area contributed by atoms with Gasteiger partial charge < -0.3 is 14.9 Å². The number of hydrogen-bond acceptors (Lipinski definition) is 5. The van der Waals surface area contributed by atoms with Gasteiger partial charge in [0.1, 0.15) is 6.04 Å². The number of nitrogens with zero attached hydrogens (tertiary/aromatic N) is 3. The second-order valence-corrected chi connectivity index (χ2v) is 9.25. The van der Waals surface area contributed by atoms with Crippen LogP contribution >= 0.6 is 0 Å². The SMILES string of the molecule is CC(C)(C)c1ccc(N2CCN(C(=O)[C@@H]3[C@@H](C(=O)NO)CCCN3C(=O)O)CC2)cc1. The lowest BCUT2D eigenvalue weighted by Crippen LogP contribution is -2.61. The molecule has 3 N–H and O–H groups in total. The largest absolute Gasteiger partial charge is 0.465 e. The molecule has 9 heteroatoms. The van der Waals surface area contributed by atoms with E-state index in [4.69, 9.17) is 5.21 Å². The zero-order chi connectivity index (χ0) is 22.8. The molecule has 2 aliphatic rings. The van der Waals surface area contributed by atoms with E-state index in [-0.39, 0.29) is 17.9 Å². The highest BCUT2D eigenvalue weighted by atomic mass is 16.5. The predicted molar refractivity (Wildman–Crippen MR) is 115 cm³/mol. The summed E-state index contributed by atoms with van der Waals surface area (Å²) in [6.45, 7) is 8.83. The van der Waals surface area contributed by atoms with Crippen molar-refractivity contribution in [3.8, 4) is 0 Å². The number of piperazine rings is 1. The summed E-state index contributed by atoms with van der Waals surface area (Å²) < 4.78 is 0. The second-order valence-electron chi connectivity index (χ2n) is 9.25. The molecule has 0 aromatic heterocycles. The quantitative estimate of drug-likeness (QED) is 0.497. The molecule has 2 aliphatic heterocycles. The van der Waals surface area contributed by atoms with Crippen LogP contribution in [-0.4, -0.2) is 76.8 Å². The van der Waals surface area contributed by atoms with Crippen LogP contribution in [0.3, 0.4) is 0 Å². The summed E-state index contributed by atoms with van der Waals surface area (Å²) in [7, 11) is 0. The summed E-state index contributed by atoms with van der Waals surface area (Å²) in [6, 6.07) is 7.31. The van der Waals surface area contributed by atoms with Crippen molar-refractivity contribution < 1.29 is 24.7 Å². The molecule has 2 fully saturated rings. The highest BCUT2D eigenvalue weighted by Crippen LogP contribution is 2.28. The Kier molecular flexibility index (Phi) is 6.74. The van der Waals surface area contributed by atoms with Gasteiger partial charge in [-0.25, -0.2) is 10.3 Å². The molecule has 2 saturated heterocycles. The van der Waals surface area contributed by atoms with Crippen LogP contribution in [0.2, 0.25) is 0 Å². The molecule has 1 aromatic carbocycles. The normalized spacial score (nSPS) is 22.3. The molecule has 2 heterocycles. The maximum absolute atomic E-state index is 13.2. The van der Waals surface area contributed by atoms with E-state index in [2.05, 4.69) is 49.9 Å². The number of anilines is 1. The van der Waals surface area contributed by atoms with E-state index < -0.39 is 24.0 Å². The number of amides is 3. The van der Waals surface area contributed by atoms with E-state index in [0.29, 0.717) is 39.0 Å². The molecule has 0 saturated carbocycles. The number of hydroxylamine groups is 1. The minimum atomic E-state index is -1.23. The van der Waals surface area contributed by atoms with Crippen molar-refractivity contribution in [3.63, 3.8) is 0 Å². The van der Waals surface area contributed by atoms with Gasteiger partial charge in [-0.15, -0.1) is 0 Å². The Hall–Kier alpha value is -2.81. The number of benzene rings is 1. The molecule has 0 radical (unpaired) electrons. The Morgan fingerprint density at radius 3 is 2.13 bits per heavy atom. The standard InChI is InChI=1S/C22H32N4O5/c1-22(2,3)15-6-8-16(9-7-15)24-11-13-25(14-12-24)20(28)18-17(19(27)23-31)5-4-10-26(18)21(29)30/h6-9,17-18,31H,4-5,10-14H2,1-3H3,(H,23,27)(H,29,30)/t17-,18-/m0/s1. The topological polar surface area (TPSA) is 113 Å². The number of likely N-dealkylation sites (tertiary alicyclic amines) is 1. The van der Waals surface area contributed by atoms with Gasteiger partial charge in [-0.05, 0) is 36.0 Å². The molecule has 0 aliphatic carbocycles. The number of carbonyl (C=O) groups excluding carboxylic acids is 2. The Morgan fingerprint density at radius 2 is 1.61 bits per heavy atom. The molecule has 0 spiro atoms. The van der Waals surface area contributed by atoms with Crippen LogP contribution in [0.15, 0.2) is 24.3 Å². The van der Waals surface area contributed by atoms with E-state index in [1.807, 2.05) is 0 Å². The van der Waals surface area contributed by atoms with Gasteiger partial charge in [-0.3, -0.25) is 19.7 Å². The van der Waals surface area contributed by atoms with E-state index in [0.717, 1.165) is 10.6 Å². The number of hydrogen-bond donors (Lipinski definition) is 3. The number of nitrogens with one attached hydrogen (secondary N) is 1. The third kappa shape index (κ3) is 4.92. The van der Waals surface area contributed by atoms with Crippen LogP contribution in [0.4, 0.5) is 10.5 Å². The molecular weight excluding hydrogens is 400 g/mol. The first-order valence-electron chi connectivity index (χ1n) is 10.7. The lowest BCUT2D eigenvalue weighted by Gasteiger charge is -2.42. The molecular formula is C22H32N4O5. The molecule has 3 amide bonds. The minimum Gasteiger partial charge on any atom is -0.465 e.